The van der Waals surface area contributed by atoms with Crippen molar-refractivity contribution >= 4 is 28.9 Å². The first-order valence-electron chi connectivity index (χ1n) is 12.6. The molecule has 0 radical (unpaired) electrons. The third-order valence-corrected chi connectivity index (χ3v) is 7.49. The van der Waals surface area contributed by atoms with Crippen molar-refractivity contribution in [3.8, 4) is 0 Å². The molecule has 184 valence electrons. The predicted octanol–water partition coefficient (Wildman–Crippen LogP) is 4.45. The molecule has 1 aromatic heterocycles. The summed E-state index contributed by atoms with van der Waals surface area (Å²) in [6.45, 7) is 10.9. The molecule has 2 aliphatic rings. The smallest absolute Gasteiger partial charge is 0.270 e. The lowest BCUT2D eigenvalue weighted by molar-refractivity contribution is 0.0736. The number of halogens is 1. The van der Waals surface area contributed by atoms with Crippen molar-refractivity contribution in [2.24, 2.45) is 0 Å². The minimum absolute atomic E-state index is 0.148. The molecule has 7 heteroatoms. The van der Waals surface area contributed by atoms with E-state index in [-0.39, 0.29) is 5.91 Å². The van der Waals surface area contributed by atoms with E-state index in [1.165, 1.54) is 11.3 Å². The number of rotatable bonds is 6. The van der Waals surface area contributed by atoms with Gasteiger partial charge < -0.3 is 19.3 Å². The predicted molar refractivity (Wildman–Crippen MR) is 144 cm³/mol. The Hall–Kier alpha value is -2.96. The normalized spacial score (nSPS) is 17.1. The molecule has 2 aliphatic heterocycles. The van der Waals surface area contributed by atoms with Crippen LogP contribution in [0.25, 0.3) is 0 Å². The Balaban J connectivity index is 1.18. The molecule has 6 nitrogen and oxygen atoms in total. The molecule has 2 saturated heterocycles. The monoisotopic (exact) mass is 491 g/mol. The quantitative estimate of drug-likeness (QED) is 0.510. The van der Waals surface area contributed by atoms with Gasteiger partial charge in [0.25, 0.3) is 5.91 Å². The zero-order chi connectivity index (χ0) is 24.2. The van der Waals surface area contributed by atoms with Gasteiger partial charge in [0.15, 0.2) is 0 Å². The van der Waals surface area contributed by atoms with Crippen LogP contribution in [0, 0.1) is 0 Å². The molecule has 35 heavy (non-hydrogen) atoms. The van der Waals surface area contributed by atoms with Crippen molar-refractivity contribution in [3.05, 3.63) is 83.1 Å². The molecule has 3 aromatic rings. The van der Waals surface area contributed by atoms with Crippen molar-refractivity contribution < 1.29 is 4.79 Å². The molecular formula is C28H34ClN5O. The van der Waals surface area contributed by atoms with Gasteiger partial charge >= 0.3 is 0 Å². The van der Waals surface area contributed by atoms with Crippen molar-refractivity contribution in [3.63, 3.8) is 0 Å². The highest BCUT2D eigenvalue weighted by Crippen LogP contribution is 2.26. The fourth-order valence-corrected chi connectivity index (χ4v) is 5.44. The van der Waals surface area contributed by atoms with Gasteiger partial charge in [0, 0.05) is 77.3 Å². The summed E-state index contributed by atoms with van der Waals surface area (Å²) in [6.07, 6.45) is 2.16. The molecule has 2 fully saturated rings. The second-order valence-corrected chi connectivity index (χ2v) is 9.76. The molecule has 0 aliphatic carbocycles. The summed E-state index contributed by atoms with van der Waals surface area (Å²) >= 11 is 6.40. The summed E-state index contributed by atoms with van der Waals surface area (Å²) in [7, 11) is 0. The van der Waals surface area contributed by atoms with Gasteiger partial charge in [-0.15, -0.1) is 0 Å². The van der Waals surface area contributed by atoms with Crippen LogP contribution in [0.1, 0.15) is 23.0 Å². The van der Waals surface area contributed by atoms with Crippen molar-refractivity contribution in [1.29, 1.82) is 0 Å². The lowest BCUT2D eigenvalue weighted by Gasteiger charge is -2.36. The number of aryl methyl sites for hydroxylation is 1. The van der Waals surface area contributed by atoms with Crippen LogP contribution in [-0.4, -0.2) is 72.6 Å². The Morgan fingerprint density at radius 3 is 2.17 bits per heavy atom. The molecule has 1 amide bonds. The number of benzene rings is 2. The summed E-state index contributed by atoms with van der Waals surface area (Å²) in [4.78, 5) is 22.6. The van der Waals surface area contributed by atoms with E-state index in [0.717, 1.165) is 81.9 Å². The van der Waals surface area contributed by atoms with Gasteiger partial charge in [-0.3, -0.25) is 9.69 Å². The van der Waals surface area contributed by atoms with E-state index in [9.17, 15) is 4.79 Å². The molecule has 0 unspecified atom stereocenters. The van der Waals surface area contributed by atoms with Crippen LogP contribution in [-0.2, 0) is 13.1 Å². The maximum Gasteiger partial charge on any atom is 0.270 e. The number of aromatic nitrogens is 1. The lowest BCUT2D eigenvalue weighted by atomic mass is 10.2. The maximum absolute atomic E-state index is 13.4. The highest BCUT2D eigenvalue weighted by molar-refractivity contribution is 6.33. The molecule has 0 atom stereocenters. The number of para-hydroxylation sites is 2. The Morgan fingerprint density at radius 1 is 0.829 bits per heavy atom. The average Bonchev–Trinajstić information content (AvgIpc) is 3.32. The zero-order valence-electron chi connectivity index (χ0n) is 20.4. The van der Waals surface area contributed by atoms with Crippen LogP contribution in [0.15, 0.2) is 66.9 Å². The number of carbonyl (C=O) groups is 1. The molecular weight excluding hydrogens is 458 g/mol. The van der Waals surface area contributed by atoms with Gasteiger partial charge in [-0.25, -0.2) is 0 Å². The first kappa shape index (κ1) is 23.8. The van der Waals surface area contributed by atoms with Crippen LogP contribution < -0.4 is 9.80 Å². The van der Waals surface area contributed by atoms with E-state index in [1.807, 2.05) is 29.2 Å². The fourth-order valence-electron chi connectivity index (χ4n) is 5.18. The summed E-state index contributed by atoms with van der Waals surface area (Å²) in [5, 5.41) is 0.814. The fraction of sp³-hybridized carbons (Fsp3) is 0.393. The maximum atomic E-state index is 13.4. The van der Waals surface area contributed by atoms with E-state index in [1.54, 1.807) is 0 Å². The van der Waals surface area contributed by atoms with Gasteiger partial charge in [0.05, 0.1) is 10.7 Å². The largest absolute Gasteiger partial charge is 0.368 e. The molecule has 5 rings (SSSR count). The second-order valence-electron chi connectivity index (χ2n) is 9.35. The second kappa shape index (κ2) is 10.8. The van der Waals surface area contributed by atoms with E-state index in [2.05, 4.69) is 68.8 Å². The average molecular weight is 492 g/mol. The van der Waals surface area contributed by atoms with Gasteiger partial charge in [-0.2, -0.15) is 0 Å². The van der Waals surface area contributed by atoms with Crippen LogP contribution >= 0.6 is 11.6 Å². The first-order chi connectivity index (χ1) is 17.1. The Labute approximate surface area is 213 Å². The summed E-state index contributed by atoms with van der Waals surface area (Å²) in [6, 6.07) is 20.6. The molecule has 0 saturated carbocycles. The zero-order valence-corrected chi connectivity index (χ0v) is 21.2. The number of anilines is 2. The van der Waals surface area contributed by atoms with E-state index >= 15 is 0 Å². The number of hydrogen-bond acceptors (Lipinski definition) is 4. The Kier molecular flexibility index (Phi) is 7.30. The minimum Gasteiger partial charge on any atom is -0.368 e. The number of hydrogen-bond donors (Lipinski definition) is 0. The van der Waals surface area contributed by atoms with Gasteiger partial charge in [-0.1, -0.05) is 41.9 Å². The summed E-state index contributed by atoms with van der Waals surface area (Å²) in [5.74, 6) is 0.148. The van der Waals surface area contributed by atoms with E-state index in [0.29, 0.717) is 0 Å². The van der Waals surface area contributed by atoms with Gasteiger partial charge in [-0.05, 0) is 42.8 Å². The SMILES string of the molecule is CCn1cc(CN2CCN(c3ccccc3Cl)CC2)cc1C(=O)N1CCN(c2ccccc2)CC1. The van der Waals surface area contributed by atoms with Crippen molar-refractivity contribution in [2.75, 3.05) is 62.2 Å². The minimum atomic E-state index is 0.148. The molecule has 2 aromatic carbocycles. The summed E-state index contributed by atoms with van der Waals surface area (Å²) in [5.41, 5.74) is 4.37. The third-order valence-electron chi connectivity index (χ3n) is 7.17. The van der Waals surface area contributed by atoms with E-state index in [4.69, 9.17) is 11.6 Å². The molecule has 3 heterocycles. The van der Waals surface area contributed by atoms with E-state index < -0.39 is 0 Å². The van der Waals surface area contributed by atoms with Crippen molar-refractivity contribution in [1.82, 2.24) is 14.4 Å². The Bertz CT molecular complexity index is 1130. The standard InChI is InChI=1S/C28H34ClN5O/c1-2-31-22-23(21-30-12-14-33(15-13-30)26-11-7-6-10-25(26)29)20-27(31)28(35)34-18-16-32(17-19-34)24-8-4-3-5-9-24/h3-11,20,22H,2,12-19,21H2,1H3. The van der Waals surface area contributed by atoms with Crippen LogP contribution in [0.4, 0.5) is 11.4 Å². The highest BCUT2D eigenvalue weighted by atomic mass is 35.5. The Morgan fingerprint density at radius 2 is 1.49 bits per heavy atom. The topological polar surface area (TPSA) is 35.0 Å². The number of piperazine rings is 2. The third kappa shape index (κ3) is 5.34. The van der Waals surface area contributed by atoms with Crippen LogP contribution in [0.3, 0.4) is 0 Å². The molecule has 0 N–H and O–H groups in total. The molecule has 0 spiro atoms. The molecule has 0 bridgehead atoms. The van der Waals surface area contributed by atoms with Gasteiger partial charge in [0.1, 0.15) is 5.69 Å². The summed E-state index contributed by atoms with van der Waals surface area (Å²) < 4.78 is 2.11. The number of amides is 1. The highest BCUT2D eigenvalue weighted by Gasteiger charge is 2.25. The first-order valence-corrected chi connectivity index (χ1v) is 13.0. The van der Waals surface area contributed by atoms with Crippen LogP contribution in [0.5, 0.6) is 0 Å². The van der Waals surface area contributed by atoms with Crippen molar-refractivity contribution in [2.45, 2.75) is 20.0 Å². The lowest BCUT2D eigenvalue weighted by Crippen LogP contribution is -2.49. The van der Waals surface area contributed by atoms with Crippen LogP contribution in [0.2, 0.25) is 5.02 Å². The van der Waals surface area contributed by atoms with Gasteiger partial charge in [0.2, 0.25) is 0 Å². The number of nitrogens with zero attached hydrogens (tertiary/aromatic N) is 5. The number of carbonyl (C=O) groups excluding carboxylic acids is 1.